The second-order valence-corrected chi connectivity index (χ2v) is 4.53. The third kappa shape index (κ3) is 6.53. The maximum absolute atomic E-state index is 12.3. The Morgan fingerprint density at radius 1 is 1.40 bits per heavy atom. The summed E-state index contributed by atoms with van der Waals surface area (Å²) in [6.07, 6.45) is -4.35. The highest BCUT2D eigenvalue weighted by atomic mass is 19.4. The Balaban J connectivity index is 2.57. The van der Waals surface area contributed by atoms with Gasteiger partial charge in [-0.1, -0.05) is 12.1 Å². The molecule has 0 aliphatic rings. The Kier molecular flexibility index (Phi) is 5.97. The van der Waals surface area contributed by atoms with E-state index in [2.05, 4.69) is 5.32 Å². The first-order chi connectivity index (χ1) is 9.30. The first-order valence-electron chi connectivity index (χ1n) is 6.16. The molecule has 0 aromatic heterocycles. The molecule has 0 saturated carbocycles. The monoisotopic (exact) mass is 289 g/mol. The van der Waals surface area contributed by atoms with Crippen LogP contribution in [0.3, 0.4) is 0 Å². The van der Waals surface area contributed by atoms with Crippen LogP contribution in [0, 0.1) is 6.92 Å². The summed E-state index contributed by atoms with van der Waals surface area (Å²) < 4.78 is 37.0. The number of anilines is 1. The average Bonchev–Trinajstić information content (AvgIpc) is 2.26. The summed E-state index contributed by atoms with van der Waals surface area (Å²) >= 11 is 0. The lowest BCUT2D eigenvalue weighted by atomic mass is 10.2. The van der Waals surface area contributed by atoms with Gasteiger partial charge in [-0.3, -0.25) is 9.69 Å². The van der Waals surface area contributed by atoms with Gasteiger partial charge in [0.15, 0.2) is 0 Å². The summed E-state index contributed by atoms with van der Waals surface area (Å²) in [5.74, 6) is -0.492. The van der Waals surface area contributed by atoms with E-state index in [4.69, 9.17) is 5.73 Å². The molecule has 0 atom stereocenters. The molecule has 1 amide bonds. The van der Waals surface area contributed by atoms with Gasteiger partial charge in [-0.05, 0) is 24.6 Å². The lowest BCUT2D eigenvalue weighted by Crippen LogP contribution is -2.42. The second kappa shape index (κ2) is 7.25. The third-order valence-corrected chi connectivity index (χ3v) is 2.52. The standard InChI is InChI=1S/C13H18F3N3O/c1-10-3-2-4-11(7-10)18-12(20)8-19(6-5-17)9-13(14,15)16/h2-4,7H,5-6,8-9,17H2,1H3,(H,18,20). The van der Waals surface area contributed by atoms with E-state index in [0.717, 1.165) is 10.5 Å². The summed E-state index contributed by atoms with van der Waals surface area (Å²) in [4.78, 5) is 12.7. The van der Waals surface area contributed by atoms with Gasteiger partial charge in [-0.15, -0.1) is 0 Å². The molecule has 0 aliphatic heterocycles. The van der Waals surface area contributed by atoms with Crippen molar-refractivity contribution in [3.63, 3.8) is 0 Å². The van der Waals surface area contributed by atoms with Gasteiger partial charge in [0.2, 0.25) is 5.91 Å². The van der Waals surface area contributed by atoms with Crippen LogP contribution in [0.1, 0.15) is 5.56 Å². The molecule has 0 radical (unpaired) electrons. The molecule has 112 valence electrons. The van der Waals surface area contributed by atoms with Crippen molar-refractivity contribution < 1.29 is 18.0 Å². The van der Waals surface area contributed by atoms with Gasteiger partial charge in [0.25, 0.3) is 0 Å². The first kappa shape index (κ1) is 16.5. The number of rotatable bonds is 6. The van der Waals surface area contributed by atoms with E-state index in [1.807, 2.05) is 13.0 Å². The first-order valence-corrected chi connectivity index (χ1v) is 6.16. The number of carbonyl (C=O) groups excluding carboxylic acids is 1. The van der Waals surface area contributed by atoms with Gasteiger partial charge in [0.1, 0.15) is 0 Å². The molecule has 0 bridgehead atoms. The molecular formula is C13H18F3N3O. The fraction of sp³-hybridized carbons (Fsp3) is 0.462. The van der Waals surface area contributed by atoms with Crippen molar-refractivity contribution >= 4 is 11.6 Å². The SMILES string of the molecule is Cc1cccc(NC(=O)CN(CCN)CC(F)(F)F)c1. The van der Waals surface area contributed by atoms with Crippen LogP contribution in [-0.2, 0) is 4.79 Å². The van der Waals surface area contributed by atoms with E-state index in [1.165, 1.54) is 0 Å². The van der Waals surface area contributed by atoms with E-state index < -0.39 is 18.6 Å². The predicted octanol–water partition coefficient (Wildman–Crippen LogP) is 1.76. The molecule has 0 fully saturated rings. The molecule has 7 heteroatoms. The van der Waals surface area contributed by atoms with Crippen LogP contribution in [0.5, 0.6) is 0 Å². The average molecular weight is 289 g/mol. The molecule has 4 nitrogen and oxygen atoms in total. The quantitative estimate of drug-likeness (QED) is 0.839. The summed E-state index contributed by atoms with van der Waals surface area (Å²) in [5, 5.41) is 2.57. The van der Waals surface area contributed by atoms with Crippen LogP contribution in [0.25, 0.3) is 0 Å². The van der Waals surface area contributed by atoms with E-state index in [-0.39, 0.29) is 19.6 Å². The molecule has 1 aromatic carbocycles. The fourth-order valence-electron chi connectivity index (χ4n) is 1.78. The lowest BCUT2D eigenvalue weighted by Gasteiger charge is -2.22. The Labute approximate surface area is 115 Å². The van der Waals surface area contributed by atoms with Crippen LogP contribution < -0.4 is 11.1 Å². The normalized spacial score (nSPS) is 11.7. The molecule has 0 unspecified atom stereocenters. The van der Waals surface area contributed by atoms with Crippen molar-refractivity contribution in [2.24, 2.45) is 5.73 Å². The van der Waals surface area contributed by atoms with Crippen molar-refractivity contribution in [2.75, 3.05) is 31.5 Å². The molecule has 1 rings (SSSR count). The van der Waals surface area contributed by atoms with Crippen molar-refractivity contribution in [3.05, 3.63) is 29.8 Å². The predicted molar refractivity (Wildman–Crippen MR) is 71.4 cm³/mol. The Morgan fingerprint density at radius 2 is 2.10 bits per heavy atom. The van der Waals surface area contributed by atoms with Gasteiger partial charge in [0.05, 0.1) is 13.1 Å². The molecule has 1 aromatic rings. The number of hydrogen-bond acceptors (Lipinski definition) is 3. The Hall–Kier alpha value is -1.60. The summed E-state index contributed by atoms with van der Waals surface area (Å²) in [6, 6.07) is 7.05. The summed E-state index contributed by atoms with van der Waals surface area (Å²) in [5.41, 5.74) is 6.78. The number of nitrogens with zero attached hydrogens (tertiary/aromatic N) is 1. The van der Waals surface area contributed by atoms with E-state index in [0.29, 0.717) is 5.69 Å². The number of nitrogens with two attached hydrogens (primary N) is 1. The molecule has 20 heavy (non-hydrogen) atoms. The van der Waals surface area contributed by atoms with E-state index >= 15 is 0 Å². The van der Waals surface area contributed by atoms with E-state index in [1.54, 1.807) is 18.2 Å². The van der Waals surface area contributed by atoms with Gasteiger partial charge in [-0.2, -0.15) is 13.2 Å². The number of halogens is 3. The van der Waals surface area contributed by atoms with Crippen molar-refractivity contribution in [3.8, 4) is 0 Å². The molecule has 3 N–H and O–H groups in total. The fourth-order valence-corrected chi connectivity index (χ4v) is 1.78. The van der Waals surface area contributed by atoms with Gasteiger partial charge < -0.3 is 11.1 Å². The third-order valence-electron chi connectivity index (χ3n) is 2.52. The zero-order valence-electron chi connectivity index (χ0n) is 11.2. The van der Waals surface area contributed by atoms with E-state index in [9.17, 15) is 18.0 Å². The molecule has 0 heterocycles. The number of hydrogen-bond donors (Lipinski definition) is 2. The molecule has 0 spiro atoms. The Bertz CT molecular complexity index is 449. The lowest BCUT2D eigenvalue weighted by molar-refractivity contribution is -0.147. The van der Waals surface area contributed by atoms with Crippen LogP contribution in [0.2, 0.25) is 0 Å². The van der Waals surface area contributed by atoms with Crippen molar-refractivity contribution in [2.45, 2.75) is 13.1 Å². The zero-order chi connectivity index (χ0) is 15.2. The molecule has 0 saturated heterocycles. The van der Waals surface area contributed by atoms with Gasteiger partial charge >= 0.3 is 6.18 Å². The number of nitrogens with one attached hydrogen (secondary N) is 1. The van der Waals surface area contributed by atoms with Crippen molar-refractivity contribution in [1.82, 2.24) is 4.90 Å². The van der Waals surface area contributed by atoms with Crippen LogP contribution in [0.4, 0.5) is 18.9 Å². The van der Waals surface area contributed by atoms with Crippen LogP contribution >= 0.6 is 0 Å². The minimum absolute atomic E-state index is 0.0146. The number of benzene rings is 1. The minimum Gasteiger partial charge on any atom is -0.329 e. The summed E-state index contributed by atoms with van der Waals surface area (Å²) in [7, 11) is 0. The largest absolute Gasteiger partial charge is 0.401 e. The number of aryl methyl sites for hydroxylation is 1. The zero-order valence-corrected chi connectivity index (χ0v) is 11.2. The molecular weight excluding hydrogens is 271 g/mol. The number of alkyl halides is 3. The maximum atomic E-state index is 12.3. The van der Waals surface area contributed by atoms with Crippen LogP contribution in [-0.4, -0.2) is 43.2 Å². The van der Waals surface area contributed by atoms with Crippen LogP contribution in [0.15, 0.2) is 24.3 Å². The minimum atomic E-state index is -4.35. The van der Waals surface area contributed by atoms with Gasteiger partial charge in [-0.25, -0.2) is 0 Å². The number of carbonyl (C=O) groups is 1. The Morgan fingerprint density at radius 3 is 2.65 bits per heavy atom. The van der Waals surface area contributed by atoms with Gasteiger partial charge in [0, 0.05) is 18.8 Å². The highest BCUT2D eigenvalue weighted by Gasteiger charge is 2.31. The smallest absolute Gasteiger partial charge is 0.329 e. The highest BCUT2D eigenvalue weighted by molar-refractivity contribution is 5.92. The highest BCUT2D eigenvalue weighted by Crippen LogP contribution is 2.16. The van der Waals surface area contributed by atoms with Crippen molar-refractivity contribution in [1.29, 1.82) is 0 Å². The number of amides is 1. The molecule has 0 aliphatic carbocycles. The maximum Gasteiger partial charge on any atom is 0.401 e. The summed E-state index contributed by atoms with van der Waals surface area (Å²) in [6.45, 7) is 0.449. The second-order valence-electron chi connectivity index (χ2n) is 4.53. The topological polar surface area (TPSA) is 58.4 Å².